The molecule has 2 aromatic rings. The van der Waals surface area contributed by atoms with Gasteiger partial charge in [0.05, 0.1) is 22.0 Å². The van der Waals surface area contributed by atoms with Crippen LogP contribution in [0.1, 0.15) is 42.2 Å². The first-order valence-electron chi connectivity index (χ1n) is 9.65. The summed E-state index contributed by atoms with van der Waals surface area (Å²) in [6.07, 6.45) is 4.86. The van der Waals surface area contributed by atoms with Crippen molar-refractivity contribution in [3.8, 4) is 0 Å². The Morgan fingerprint density at radius 3 is 2.59 bits per heavy atom. The van der Waals surface area contributed by atoms with Gasteiger partial charge in [0.2, 0.25) is 10.0 Å². The summed E-state index contributed by atoms with van der Waals surface area (Å²) in [6, 6.07) is 8.71. The number of nitrogens with one attached hydrogen (secondary N) is 1. The monoisotopic (exact) mass is 436 g/mol. The highest BCUT2D eigenvalue weighted by Crippen LogP contribution is 2.35. The molecule has 29 heavy (non-hydrogen) atoms. The lowest BCUT2D eigenvalue weighted by atomic mass is 9.75. The molecule has 2 heterocycles. The number of carbonyl (C=O) groups is 1. The van der Waals surface area contributed by atoms with Gasteiger partial charge in [0.1, 0.15) is 6.33 Å². The van der Waals surface area contributed by atoms with E-state index in [1.165, 1.54) is 6.33 Å². The highest BCUT2D eigenvalue weighted by atomic mass is 35.5. The van der Waals surface area contributed by atoms with Crippen LogP contribution >= 0.6 is 11.6 Å². The summed E-state index contributed by atoms with van der Waals surface area (Å²) in [5, 5.41) is 3.37. The van der Waals surface area contributed by atoms with E-state index in [-0.39, 0.29) is 11.7 Å². The SMILES string of the molecule is CCCS(=O)(=O)N1CCC(CNC(=O)c2ccccc2Cl)(c2ccncn2)CC1. The quantitative estimate of drug-likeness (QED) is 0.720. The fourth-order valence-corrected chi connectivity index (χ4v) is 5.43. The number of hydrogen-bond acceptors (Lipinski definition) is 5. The van der Waals surface area contributed by atoms with E-state index in [0.717, 1.165) is 5.69 Å². The molecule has 1 aromatic heterocycles. The highest BCUT2D eigenvalue weighted by Gasteiger charge is 2.40. The van der Waals surface area contributed by atoms with Crippen molar-refractivity contribution in [3.63, 3.8) is 0 Å². The van der Waals surface area contributed by atoms with Crippen molar-refractivity contribution in [2.75, 3.05) is 25.4 Å². The van der Waals surface area contributed by atoms with E-state index >= 15 is 0 Å². The number of rotatable bonds is 7. The molecule has 1 amide bonds. The summed E-state index contributed by atoms with van der Waals surface area (Å²) < 4.78 is 26.4. The molecule has 0 unspecified atom stereocenters. The Morgan fingerprint density at radius 2 is 1.97 bits per heavy atom. The topological polar surface area (TPSA) is 92.3 Å². The van der Waals surface area contributed by atoms with Gasteiger partial charge in [-0.25, -0.2) is 22.7 Å². The second-order valence-electron chi connectivity index (χ2n) is 7.25. The normalized spacial score (nSPS) is 17.0. The molecule has 7 nitrogen and oxygen atoms in total. The molecule has 0 spiro atoms. The van der Waals surface area contributed by atoms with Gasteiger partial charge in [0.15, 0.2) is 0 Å². The van der Waals surface area contributed by atoms with Gasteiger partial charge < -0.3 is 5.32 Å². The zero-order valence-corrected chi connectivity index (χ0v) is 17.9. The smallest absolute Gasteiger partial charge is 0.252 e. The molecule has 1 aliphatic heterocycles. The maximum absolute atomic E-state index is 12.7. The maximum Gasteiger partial charge on any atom is 0.252 e. The average Bonchev–Trinajstić information content (AvgIpc) is 2.73. The summed E-state index contributed by atoms with van der Waals surface area (Å²) in [7, 11) is -3.25. The van der Waals surface area contributed by atoms with Gasteiger partial charge in [-0.3, -0.25) is 4.79 Å². The molecule has 156 valence electrons. The Morgan fingerprint density at radius 1 is 1.24 bits per heavy atom. The third kappa shape index (κ3) is 4.94. The second-order valence-corrected chi connectivity index (χ2v) is 9.75. The van der Waals surface area contributed by atoms with Crippen molar-refractivity contribution in [2.45, 2.75) is 31.6 Å². The number of nitrogens with zero attached hydrogens (tertiary/aromatic N) is 3. The Labute approximate surface area is 176 Å². The van der Waals surface area contributed by atoms with Crippen LogP contribution in [0.25, 0.3) is 0 Å². The van der Waals surface area contributed by atoms with Crippen molar-refractivity contribution in [1.82, 2.24) is 19.6 Å². The van der Waals surface area contributed by atoms with Crippen molar-refractivity contribution in [3.05, 3.63) is 59.1 Å². The van der Waals surface area contributed by atoms with Crippen LogP contribution in [0.2, 0.25) is 5.02 Å². The third-order valence-corrected chi connectivity index (χ3v) is 7.77. The largest absolute Gasteiger partial charge is 0.351 e. The molecule has 0 bridgehead atoms. The minimum atomic E-state index is -3.25. The van der Waals surface area contributed by atoms with Crippen molar-refractivity contribution < 1.29 is 13.2 Å². The Kier molecular flexibility index (Phi) is 6.87. The first-order chi connectivity index (χ1) is 13.9. The molecule has 1 saturated heterocycles. The molecule has 1 aromatic carbocycles. The average molecular weight is 437 g/mol. The molecule has 1 fully saturated rings. The standard InChI is InChI=1S/C20H25ClN4O3S/c1-2-13-29(27,28)25-11-8-20(9-12-25,18-7-10-22-15-24-18)14-23-19(26)16-5-3-4-6-17(16)21/h3-7,10,15H,2,8-9,11-14H2,1H3,(H,23,26). The van der Waals surface area contributed by atoms with Crippen LogP contribution in [0, 0.1) is 0 Å². The predicted octanol–water partition coefficient (Wildman–Crippen LogP) is 2.63. The molecule has 0 radical (unpaired) electrons. The van der Waals surface area contributed by atoms with E-state index in [1.54, 1.807) is 34.8 Å². The fourth-order valence-electron chi connectivity index (χ4n) is 3.70. The van der Waals surface area contributed by atoms with Crippen molar-refractivity contribution in [1.29, 1.82) is 0 Å². The Hall–Kier alpha value is -2.03. The summed E-state index contributed by atoms with van der Waals surface area (Å²) in [5.74, 6) is -0.110. The summed E-state index contributed by atoms with van der Waals surface area (Å²) in [5.41, 5.74) is 0.757. The van der Waals surface area contributed by atoms with Crippen LogP contribution in [-0.2, 0) is 15.4 Å². The number of aromatic nitrogens is 2. The number of sulfonamides is 1. The van der Waals surface area contributed by atoms with E-state index in [2.05, 4.69) is 15.3 Å². The summed E-state index contributed by atoms with van der Waals surface area (Å²) >= 11 is 6.14. The number of piperidine rings is 1. The minimum absolute atomic E-state index is 0.150. The van der Waals surface area contributed by atoms with E-state index in [1.807, 2.05) is 13.0 Å². The molecule has 9 heteroatoms. The lowest BCUT2D eigenvalue weighted by molar-refractivity contribution is 0.0932. The molecule has 1 aliphatic rings. The molecule has 3 rings (SSSR count). The molecular weight excluding hydrogens is 412 g/mol. The summed E-state index contributed by atoms with van der Waals surface area (Å²) in [6.45, 7) is 3.00. The minimum Gasteiger partial charge on any atom is -0.351 e. The Bertz CT molecular complexity index is 945. The van der Waals surface area contributed by atoms with Crippen molar-refractivity contribution >= 4 is 27.5 Å². The number of halogens is 1. The van der Waals surface area contributed by atoms with Crippen LogP contribution in [0.5, 0.6) is 0 Å². The number of amides is 1. The maximum atomic E-state index is 12.7. The molecule has 0 aliphatic carbocycles. The third-order valence-electron chi connectivity index (χ3n) is 5.37. The van der Waals surface area contributed by atoms with Crippen molar-refractivity contribution in [2.24, 2.45) is 0 Å². The molecule has 0 atom stereocenters. The van der Waals surface area contributed by atoms with Gasteiger partial charge in [0.25, 0.3) is 5.91 Å². The van der Waals surface area contributed by atoms with E-state index in [4.69, 9.17) is 11.6 Å². The fraction of sp³-hybridized carbons (Fsp3) is 0.450. The van der Waals surface area contributed by atoms with E-state index in [9.17, 15) is 13.2 Å². The van der Waals surface area contributed by atoms with Gasteiger partial charge in [0, 0.05) is 31.2 Å². The van der Waals surface area contributed by atoms with Gasteiger partial charge in [-0.05, 0) is 37.5 Å². The van der Waals surface area contributed by atoms with E-state index in [0.29, 0.717) is 49.5 Å². The number of carbonyl (C=O) groups excluding carboxylic acids is 1. The second kappa shape index (κ2) is 9.19. The first-order valence-corrected chi connectivity index (χ1v) is 11.6. The van der Waals surface area contributed by atoms with Gasteiger partial charge in [-0.15, -0.1) is 0 Å². The molecular formula is C20H25ClN4O3S. The molecule has 1 N–H and O–H groups in total. The van der Waals surface area contributed by atoms with Gasteiger partial charge in [-0.2, -0.15) is 0 Å². The van der Waals surface area contributed by atoms with Crippen LogP contribution in [-0.4, -0.2) is 54.0 Å². The van der Waals surface area contributed by atoms with Crippen LogP contribution in [0.4, 0.5) is 0 Å². The molecule has 0 saturated carbocycles. The zero-order chi connectivity index (χ0) is 20.9. The zero-order valence-electron chi connectivity index (χ0n) is 16.3. The van der Waals surface area contributed by atoms with Gasteiger partial charge in [-0.1, -0.05) is 30.7 Å². The van der Waals surface area contributed by atoms with E-state index < -0.39 is 15.4 Å². The lowest BCUT2D eigenvalue weighted by Gasteiger charge is -2.41. The number of benzene rings is 1. The highest BCUT2D eigenvalue weighted by molar-refractivity contribution is 7.89. The first kappa shape index (κ1) is 21.7. The lowest BCUT2D eigenvalue weighted by Crippen LogP contribution is -2.51. The summed E-state index contributed by atoms with van der Waals surface area (Å²) in [4.78, 5) is 21.0. The Balaban J connectivity index is 1.78. The van der Waals surface area contributed by atoms with Crippen LogP contribution in [0.3, 0.4) is 0 Å². The van der Waals surface area contributed by atoms with Gasteiger partial charge >= 0.3 is 0 Å². The van der Waals surface area contributed by atoms with Crippen LogP contribution in [0.15, 0.2) is 42.9 Å². The van der Waals surface area contributed by atoms with Crippen LogP contribution < -0.4 is 5.32 Å². The number of hydrogen-bond donors (Lipinski definition) is 1. The predicted molar refractivity (Wildman–Crippen MR) is 112 cm³/mol.